The molecule has 0 aromatic heterocycles. The van der Waals surface area contributed by atoms with E-state index in [1.54, 1.807) is 14.2 Å². The summed E-state index contributed by atoms with van der Waals surface area (Å²) in [7, 11) is 3.50. The molecule has 0 spiro atoms. The molecule has 0 unspecified atom stereocenters. The van der Waals surface area contributed by atoms with Crippen LogP contribution in [0.3, 0.4) is 0 Å². The van der Waals surface area contributed by atoms with Crippen molar-refractivity contribution < 1.29 is 4.74 Å². The Morgan fingerprint density at radius 3 is 2.50 bits per heavy atom. The minimum Gasteiger partial charge on any atom is -0.383 e. The average Bonchev–Trinajstić information content (AvgIpc) is 3.25. The molecule has 0 atom stereocenters. The summed E-state index contributed by atoms with van der Waals surface area (Å²) < 4.78 is 5.02. The van der Waals surface area contributed by atoms with E-state index in [2.05, 4.69) is 46.0 Å². The number of methoxy groups -OCH3 is 1. The SMILES string of the molecule is CN=C(NCCOC)NCC1(c2ccccc2)CC1.I. The molecule has 1 saturated carbocycles. The second-order valence-electron chi connectivity index (χ2n) is 4.99. The highest BCUT2D eigenvalue weighted by atomic mass is 127. The van der Waals surface area contributed by atoms with Gasteiger partial charge in [0.25, 0.3) is 0 Å². The van der Waals surface area contributed by atoms with Crippen LogP contribution in [0, 0.1) is 0 Å². The van der Waals surface area contributed by atoms with E-state index in [9.17, 15) is 0 Å². The molecule has 112 valence electrons. The molecule has 1 aromatic rings. The number of rotatable bonds is 6. The zero-order valence-electron chi connectivity index (χ0n) is 12.2. The van der Waals surface area contributed by atoms with Crippen molar-refractivity contribution in [1.29, 1.82) is 0 Å². The summed E-state index contributed by atoms with van der Waals surface area (Å²) in [6, 6.07) is 10.7. The summed E-state index contributed by atoms with van der Waals surface area (Å²) in [5.74, 6) is 0.847. The van der Waals surface area contributed by atoms with Crippen LogP contribution in [-0.2, 0) is 10.2 Å². The van der Waals surface area contributed by atoms with Gasteiger partial charge in [0.1, 0.15) is 0 Å². The Bertz CT molecular complexity index is 418. The fourth-order valence-corrected chi connectivity index (χ4v) is 2.26. The lowest BCUT2D eigenvalue weighted by Gasteiger charge is -2.19. The van der Waals surface area contributed by atoms with Crippen LogP contribution in [0.2, 0.25) is 0 Å². The fourth-order valence-electron chi connectivity index (χ4n) is 2.26. The molecule has 4 nitrogen and oxygen atoms in total. The Kier molecular flexibility index (Phi) is 7.29. The number of hydrogen-bond acceptors (Lipinski definition) is 2. The van der Waals surface area contributed by atoms with Crippen molar-refractivity contribution in [3.63, 3.8) is 0 Å². The van der Waals surface area contributed by atoms with Crippen molar-refractivity contribution in [3.05, 3.63) is 35.9 Å². The summed E-state index contributed by atoms with van der Waals surface area (Å²) >= 11 is 0. The molecule has 1 aromatic carbocycles. The van der Waals surface area contributed by atoms with Crippen molar-refractivity contribution in [3.8, 4) is 0 Å². The number of aliphatic imine (C=N–C) groups is 1. The van der Waals surface area contributed by atoms with Crippen LogP contribution in [0.1, 0.15) is 18.4 Å². The molecule has 0 amide bonds. The molecule has 0 saturated heterocycles. The topological polar surface area (TPSA) is 45.7 Å². The predicted molar refractivity (Wildman–Crippen MR) is 94.0 cm³/mol. The number of halogens is 1. The van der Waals surface area contributed by atoms with Crippen LogP contribution >= 0.6 is 24.0 Å². The first kappa shape index (κ1) is 17.2. The normalized spacial score (nSPS) is 16.2. The molecular formula is C15H24IN3O. The van der Waals surface area contributed by atoms with Gasteiger partial charge in [0.2, 0.25) is 0 Å². The maximum atomic E-state index is 5.02. The van der Waals surface area contributed by atoms with Gasteiger partial charge in [-0.2, -0.15) is 0 Å². The standard InChI is InChI=1S/C15H23N3O.HI/c1-16-14(17-10-11-19-2)18-12-15(8-9-15)13-6-4-3-5-7-13;/h3-7H,8-12H2,1-2H3,(H2,16,17,18);1H. The molecule has 0 heterocycles. The number of ether oxygens (including phenoxy) is 1. The number of nitrogens with one attached hydrogen (secondary N) is 2. The van der Waals surface area contributed by atoms with E-state index in [0.29, 0.717) is 12.0 Å². The molecule has 0 radical (unpaired) electrons. The van der Waals surface area contributed by atoms with E-state index in [4.69, 9.17) is 4.74 Å². The summed E-state index contributed by atoms with van der Waals surface area (Å²) in [5.41, 5.74) is 1.73. The van der Waals surface area contributed by atoms with Crippen molar-refractivity contribution in [2.45, 2.75) is 18.3 Å². The lowest BCUT2D eigenvalue weighted by atomic mass is 9.96. The third kappa shape index (κ3) is 4.63. The highest BCUT2D eigenvalue weighted by Crippen LogP contribution is 2.47. The molecule has 2 rings (SSSR count). The molecule has 2 N–H and O–H groups in total. The summed E-state index contributed by atoms with van der Waals surface area (Å²) in [5, 5.41) is 6.65. The van der Waals surface area contributed by atoms with Gasteiger partial charge in [-0.3, -0.25) is 4.99 Å². The number of hydrogen-bond donors (Lipinski definition) is 2. The van der Waals surface area contributed by atoms with E-state index in [1.165, 1.54) is 18.4 Å². The molecule has 20 heavy (non-hydrogen) atoms. The quantitative estimate of drug-likeness (QED) is 0.339. The van der Waals surface area contributed by atoms with Crippen LogP contribution < -0.4 is 10.6 Å². The van der Waals surface area contributed by atoms with Crippen molar-refractivity contribution >= 4 is 29.9 Å². The fraction of sp³-hybridized carbons (Fsp3) is 0.533. The lowest BCUT2D eigenvalue weighted by Crippen LogP contribution is -2.42. The first-order valence-electron chi connectivity index (χ1n) is 6.80. The Hall–Kier alpha value is -0.820. The largest absolute Gasteiger partial charge is 0.383 e. The summed E-state index contributed by atoms with van der Waals surface area (Å²) in [6.07, 6.45) is 2.50. The van der Waals surface area contributed by atoms with Crippen LogP contribution in [0.25, 0.3) is 0 Å². The van der Waals surface area contributed by atoms with Crippen LogP contribution in [0.4, 0.5) is 0 Å². The monoisotopic (exact) mass is 389 g/mol. The molecule has 1 aliphatic rings. The smallest absolute Gasteiger partial charge is 0.191 e. The van der Waals surface area contributed by atoms with Crippen LogP contribution in [0.5, 0.6) is 0 Å². The second-order valence-corrected chi connectivity index (χ2v) is 4.99. The summed E-state index contributed by atoms with van der Waals surface area (Å²) in [4.78, 5) is 4.22. The number of guanidine groups is 1. The first-order valence-corrected chi connectivity index (χ1v) is 6.80. The third-order valence-corrected chi connectivity index (χ3v) is 3.66. The van der Waals surface area contributed by atoms with Gasteiger partial charge in [0.15, 0.2) is 5.96 Å². The van der Waals surface area contributed by atoms with E-state index < -0.39 is 0 Å². The van der Waals surface area contributed by atoms with Crippen LogP contribution in [-0.4, -0.2) is 39.8 Å². The van der Waals surface area contributed by atoms with E-state index >= 15 is 0 Å². The minimum absolute atomic E-state index is 0. The molecule has 0 bridgehead atoms. The molecule has 5 heteroatoms. The van der Waals surface area contributed by atoms with Gasteiger partial charge in [-0.05, 0) is 18.4 Å². The second kappa shape index (κ2) is 8.46. The van der Waals surface area contributed by atoms with Gasteiger partial charge in [0.05, 0.1) is 6.61 Å². The van der Waals surface area contributed by atoms with Crippen molar-refractivity contribution in [2.75, 3.05) is 33.9 Å². The van der Waals surface area contributed by atoms with E-state index in [1.807, 2.05) is 0 Å². The van der Waals surface area contributed by atoms with Gasteiger partial charge < -0.3 is 15.4 Å². The molecular weight excluding hydrogens is 365 g/mol. The van der Waals surface area contributed by atoms with Crippen molar-refractivity contribution in [2.24, 2.45) is 4.99 Å². The zero-order chi connectivity index (χ0) is 13.6. The Morgan fingerprint density at radius 1 is 1.25 bits per heavy atom. The highest BCUT2D eigenvalue weighted by molar-refractivity contribution is 14.0. The highest BCUT2D eigenvalue weighted by Gasteiger charge is 2.43. The maximum absolute atomic E-state index is 5.02. The maximum Gasteiger partial charge on any atom is 0.191 e. The Balaban J connectivity index is 0.00000200. The van der Waals surface area contributed by atoms with Gasteiger partial charge in [-0.15, -0.1) is 24.0 Å². The molecule has 1 aliphatic carbocycles. The predicted octanol–water partition coefficient (Wildman–Crippen LogP) is 2.15. The molecule has 0 aliphatic heterocycles. The Labute approximate surface area is 138 Å². The number of nitrogens with zero attached hydrogens (tertiary/aromatic N) is 1. The third-order valence-electron chi connectivity index (χ3n) is 3.66. The first-order chi connectivity index (χ1) is 9.30. The zero-order valence-corrected chi connectivity index (χ0v) is 14.5. The minimum atomic E-state index is 0. The summed E-state index contributed by atoms with van der Waals surface area (Å²) in [6.45, 7) is 2.39. The number of benzene rings is 1. The van der Waals surface area contributed by atoms with Gasteiger partial charge in [-0.1, -0.05) is 30.3 Å². The molecule has 1 fully saturated rings. The van der Waals surface area contributed by atoms with Gasteiger partial charge >= 0.3 is 0 Å². The van der Waals surface area contributed by atoms with Crippen LogP contribution in [0.15, 0.2) is 35.3 Å². The van der Waals surface area contributed by atoms with Gasteiger partial charge in [-0.25, -0.2) is 0 Å². The van der Waals surface area contributed by atoms with E-state index in [0.717, 1.165) is 19.0 Å². The Morgan fingerprint density at radius 2 is 1.95 bits per heavy atom. The average molecular weight is 389 g/mol. The lowest BCUT2D eigenvalue weighted by molar-refractivity contribution is 0.203. The van der Waals surface area contributed by atoms with Crippen molar-refractivity contribution in [1.82, 2.24) is 10.6 Å². The van der Waals surface area contributed by atoms with E-state index in [-0.39, 0.29) is 24.0 Å². The van der Waals surface area contributed by atoms with Gasteiger partial charge in [0, 0.05) is 32.7 Å².